The molecule has 4 N–H and O–H groups in total. The second kappa shape index (κ2) is 10.5. The van der Waals surface area contributed by atoms with E-state index in [0.29, 0.717) is 12.5 Å². The van der Waals surface area contributed by atoms with E-state index in [9.17, 15) is 8.42 Å². The summed E-state index contributed by atoms with van der Waals surface area (Å²) in [6.45, 7) is 4.77. The monoisotopic (exact) mass is 494 g/mol. The number of aliphatic imine (C=N–C) groups is 1. The summed E-state index contributed by atoms with van der Waals surface area (Å²) in [5, 5.41) is 3.26. The number of sulfonamides is 1. The number of rotatable bonds is 7. The van der Waals surface area contributed by atoms with Gasteiger partial charge in [0.1, 0.15) is 0 Å². The normalized spacial score (nSPS) is 20.7. The average Bonchev–Trinajstić information content (AvgIpc) is 2.98. The fourth-order valence-corrected chi connectivity index (χ4v) is 4.33. The van der Waals surface area contributed by atoms with Crippen LogP contribution in [0.3, 0.4) is 0 Å². The zero-order valence-electron chi connectivity index (χ0n) is 15.8. The lowest BCUT2D eigenvalue weighted by Gasteiger charge is -2.19. The molecule has 148 valence electrons. The van der Waals surface area contributed by atoms with Crippen LogP contribution in [0.4, 0.5) is 5.69 Å². The van der Waals surface area contributed by atoms with E-state index in [4.69, 9.17) is 5.73 Å². The highest BCUT2D eigenvalue weighted by molar-refractivity contribution is 14.0. The van der Waals surface area contributed by atoms with Crippen molar-refractivity contribution < 1.29 is 8.42 Å². The van der Waals surface area contributed by atoms with Crippen molar-refractivity contribution >= 4 is 45.6 Å². The van der Waals surface area contributed by atoms with E-state index in [2.05, 4.69) is 47.1 Å². The molecule has 1 aromatic rings. The van der Waals surface area contributed by atoms with E-state index >= 15 is 0 Å². The summed E-state index contributed by atoms with van der Waals surface area (Å²) in [6.07, 6.45) is 5.89. The molecule has 1 fully saturated rings. The molecule has 0 radical (unpaired) electrons. The molecule has 0 bridgehead atoms. The van der Waals surface area contributed by atoms with E-state index < -0.39 is 10.0 Å². The van der Waals surface area contributed by atoms with Crippen LogP contribution < -0.4 is 15.8 Å². The van der Waals surface area contributed by atoms with E-state index in [1.165, 1.54) is 17.4 Å². The largest absolute Gasteiger partial charge is 0.370 e. The Morgan fingerprint density at radius 2 is 1.85 bits per heavy atom. The van der Waals surface area contributed by atoms with E-state index in [1.54, 1.807) is 0 Å². The number of nitrogens with two attached hydrogens (primary N) is 1. The van der Waals surface area contributed by atoms with E-state index in [-0.39, 0.29) is 35.9 Å². The summed E-state index contributed by atoms with van der Waals surface area (Å²) in [5.74, 6) is 0.586. The minimum atomic E-state index is -3.19. The Morgan fingerprint density at radius 1 is 1.23 bits per heavy atom. The number of para-hydroxylation sites is 1. The molecule has 0 spiro atoms. The molecule has 8 heteroatoms. The summed E-state index contributed by atoms with van der Waals surface area (Å²) < 4.78 is 25.7. The summed E-state index contributed by atoms with van der Waals surface area (Å²) >= 11 is 0. The standard InChI is InChI=1S/C18H30N4O2S.HI/c1-4-13-8-6-9-14(5-2)17(13)21-18(19)20-12-15-10-7-11-16(15)22-25(3,23)24;/h6,8-9,15-16,22H,4-5,7,10-12H2,1-3H3,(H3,19,20,21);1H. The topological polar surface area (TPSA) is 96.6 Å². The van der Waals surface area contributed by atoms with Crippen LogP contribution >= 0.6 is 24.0 Å². The van der Waals surface area contributed by atoms with Gasteiger partial charge in [0, 0.05) is 18.3 Å². The highest BCUT2D eigenvalue weighted by Gasteiger charge is 2.29. The molecule has 0 aliphatic heterocycles. The van der Waals surface area contributed by atoms with Gasteiger partial charge in [-0.3, -0.25) is 4.99 Å². The summed E-state index contributed by atoms with van der Waals surface area (Å²) in [7, 11) is -3.19. The van der Waals surface area contributed by atoms with Crippen LogP contribution in [0, 0.1) is 5.92 Å². The van der Waals surface area contributed by atoms with Crippen LogP contribution in [0.2, 0.25) is 0 Å². The highest BCUT2D eigenvalue weighted by Crippen LogP contribution is 2.27. The van der Waals surface area contributed by atoms with Crippen LogP contribution in [0.1, 0.15) is 44.2 Å². The summed E-state index contributed by atoms with van der Waals surface area (Å²) in [6, 6.07) is 6.21. The maximum Gasteiger partial charge on any atom is 0.208 e. The van der Waals surface area contributed by atoms with Crippen molar-refractivity contribution in [3.05, 3.63) is 29.3 Å². The first-order chi connectivity index (χ1) is 11.8. The molecule has 1 aliphatic carbocycles. The molecule has 26 heavy (non-hydrogen) atoms. The Labute approximate surface area is 174 Å². The zero-order chi connectivity index (χ0) is 18.4. The van der Waals surface area contributed by atoms with Crippen LogP contribution in [0.25, 0.3) is 0 Å². The minimum absolute atomic E-state index is 0. The van der Waals surface area contributed by atoms with Gasteiger partial charge in [0.25, 0.3) is 0 Å². The van der Waals surface area contributed by atoms with Crippen molar-refractivity contribution in [2.24, 2.45) is 16.6 Å². The predicted octanol–water partition coefficient (Wildman–Crippen LogP) is 2.87. The van der Waals surface area contributed by atoms with Crippen LogP contribution in [-0.2, 0) is 22.9 Å². The van der Waals surface area contributed by atoms with Gasteiger partial charge in [-0.25, -0.2) is 13.1 Å². The molecule has 0 saturated heterocycles. The van der Waals surface area contributed by atoms with Crippen molar-refractivity contribution in [1.82, 2.24) is 4.72 Å². The number of nitrogens with zero attached hydrogens (tertiary/aromatic N) is 1. The third-order valence-electron chi connectivity index (χ3n) is 4.77. The number of hydrogen-bond acceptors (Lipinski definition) is 3. The van der Waals surface area contributed by atoms with Crippen molar-refractivity contribution in [3.8, 4) is 0 Å². The summed E-state index contributed by atoms with van der Waals surface area (Å²) in [4.78, 5) is 4.48. The van der Waals surface area contributed by atoms with Gasteiger partial charge in [-0.15, -0.1) is 24.0 Å². The molecular formula is C18H31IN4O2S. The molecule has 2 unspecified atom stereocenters. The first-order valence-corrected chi connectivity index (χ1v) is 10.9. The van der Waals surface area contributed by atoms with Crippen molar-refractivity contribution in [1.29, 1.82) is 0 Å². The van der Waals surface area contributed by atoms with E-state index in [0.717, 1.165) is 37.8 Å². The molecular weight excluding hydrogens is 463 g/mol. The molecule has 0 aromatic heterocycles. The van der Waals surface area contributed by atoms with Gasteiger partial charge in [-0.1, -0.05) is 38.5 Å². The van der Waals surface area contributed by atoms with Gasteiger partial charge in [-0.05, 0) is 42.7 Å². The van der Waals surface area contributed by atoms with Gasteiger partial charge >= 0.3 is 0 Å². The summed E-state index contributed by atoms with van der Waals surface area (Å²) in [5.41, 5.74) is 9.59. The van der Waals surface area contributed by atoms with Gasteiger partial charge in [0.2, 0.25) is 10.0 Å². The Bertz CT molecular complexity index is 700. The number of aryl methyl sites for hydroxylation is 2. The maximum absolute atomic E-state index is 11.5. The SMILES string of the molecule is CCc1cccc(CC)c1NC(N)=NCC1CCCC1NS(C)(=O)=O.I. The average molecular weight is 494 g/mol. The quantitative estimate of drug-likeness (QED) is 0.309. The number of hydrogen-bond donors (Lipinski definition) is 3. The molecule has 1 aromatic carbocycles. The van der Waals surface area contributed by atoms with E-state index in [1.807, 2.05) is 0 Å². The number of guanidine groups is 1. The van der Waals surface area contributed by atoms with Crippen molar-refractivity contribution in [2.75, 3.05) is 18.1 Å². The number of halogens is 1. The van der Waals surface area contributed by atoms with Crippen molar-refractivity contribution in [2.45, 2.75) is 52.0 Å². The molecule has 1 saturated carbocycles. The van der Waals surface area contributed by atoms with Gasteiger partial charge < -0.3 is 11.1 Å². The smallest absolute Gasteiger partial charge is 0.208 e. The molecule has 1 aliphatic rings. The fourth-order valence-electron chi connectivity index (χ4n) is 3.47. The second-order valence-corrected chi connectivity index (χ2v) is 8.48. The molecule has 2 rings (SSSR count). The first kappa shape index (κ1) is 23.2. The Hall–Kier alpha value is -0.870. The third-order valence-corrected chi connectivity index (χ3v) is 5.50. The van der Waals surface area contributed by atoms with Crippen LogP contribution in [0.15, 0.2) is 23.2 Å². The predicted molar refractivity (Wildman–Crippen MR) is 120 cm³/mol. The van der Waals surface area contributed by atoms with Crippen LogP contribution in [0.5, 0.6) is 0 Å². The Balaban J connectivity index is 0.00000338. The molecule has 6 nitrogen and oxygen atoms in total. The molecule has 0 amide bonds. The van der Waals surface area contributed by atoms with Gasteiger partial charge in [0.15, 0.2) is 5.96 Å². The molecule has 0 heterocycles. The third kappa shape index (κ3) is 6.70. The van der Waals surface area contributed by atoms with Crippen molar-refractivity contribution in [3.63, 3.8) is 0 Å². The maximum atomic E-state index is 11.5. The fraction of sp³-hybridized carbons (Fsp3) is 0.611. The lowest BCUT2D eigenvalue weighted by Crippen LogP contribution is -2.38. The number of nitrogens with one attached hydrogen (secondary N) is 2. The van der Waals surface area contributed by atoms with Crippen LogP contribution in [-0.4, -0.2) is 33.2 Å². The minimum Gasteiger partial charge on any atom is -0.370 e. The second-order valence-electron chi connectivity index (χ2n) is 6.70. The zero-order valence-corrected chi connectivity index (χ0v) is 18.9. The lowest BCUT2D eigenvalue weighted by atomic mass is 10.0. The van der Waals surface area contributed by atoms with Gasteiger partial charge in [-0.2, -0.15) is 0 Å². The Kier molecular flexibility index (Phi) is 9.32. The van der Waals surface area contributed by atoms with Gasteiger partial charge in [0.05, 0.1) is 6.26 Å². The number of anilines is 1. The Morgan fingerprint density at radius 3 is 2.38 bits per heavy atom. The lowest BCUT2D eigenvalue weighted by molar-refractivity contribution is 0.455. The highest BCUT2D eigenvalue weighted by atomic mass is 127. The first-order valence-electron chi connectivity index (χ1n) is 8.99. The molecule has 2 atom stereocenters. The number of benzene rings is 1.